The molecule has 0 saturated carbocycles. The van der Waals surface area contributed by atoms with E-state index in [9.17, 15) is 19.3 Å². The molecule has 2 heterocycles. The number of aromatic nitrogens is 3. The maximum Gasteiger partial charge on any atom is 0.510 e. The molecule has 1 atom stereocenters. The second-order valence-corrected chi connectivity index (χ2v) is 9.79. The number of aliphatic hydroxyl groups excluding tert-OH is 1. The number of nitrogens with zero attached hydrogens (tertiary/aromatic N) is 3. The molecule has 2 rings (SSSR count). The van der Waals surface area contributed by atoms with Crippen LogP contribution >= 0.6 is 7.60 Å². The Bertz CT molecular complexity index is 1010. The monoisotopic (exact) mass is 534 g/mol. The van der Waals surface area contributed by atoms with E-state index < -0.39 is 64.8 Å². The van der Waals surface area contributed by atoms with Crippen molar-refractivity contribution < 1.29 is 52.0 Å². The molecule has 0 fully saturated rings. The number of carbonyl (C=O) groups is 2. The van der Waals surface area contributed by atoms with E-state index in [4.69, 9.17) is 38.5 Å². The maximum absolute atomic E-state index is 13.1. The average Bonchev–Trinajstić information content (AvgIpc) is 3.19. The third-order valence-electron chi connectivity index (χ3n) is 4.19. The lowest BCUT2D eigenvalue weighted by atomic mass is 10.2. The minimum Gasteiger partial charge on any atom is -0.432 e. The number of anilines is 1. The minimum atomic E-state index is -4.16. The van der Waals surface area contributed by atoms with Crippen LogP contribution in [0.15, 0.2) is 18.5 Å². The zero-order valence-corrected chi connectivity index (χ0v) is 21.3. The fraction of sp³-hybridized carbons (Fsp3) is 0.600. The highest BCUT2D eigenvalue weighted by molar-refractivity contribution is 7.53. The van der Waals surface area contributed by atoms with E-state index in [2.05, 4.69) is 10.1 Å². The van der Waals surface area contributed by atoms with Crippen molar-refractivity contribution in [2.75, 3.05) is 32.3 Å². The molecule has 36 heavy (non-hydrogen) atoms. The van der Waals surface area contributed by atoms with Crippen LogP contribution in [0.3, 0.4) is 0 Å². The molecular weight excluding hydrogens is 503 g/mol. The van der Waals surface area contributed by atoms with Crippen LogP contribution in [0.4, 0.5) is 15.4 Å². The maximum atomic E-state index is 13.1. The van der Waals surface area contributed by atoms with Crippen molar-refractivity contribution in [1.29, 1.82) is 0 Å². The van der Waals surface area contributed by atoms with Gasteiger partial charge in [-0.15, -0.1) is 0 Å². The normalized spacial score (nSPS) is 12.6. The molecule has 202 valence electrons. The molecule has 0 aliphatic rings. The highest BCUT2D eigenvalue weighted by Gasteiger charge is 2.29. The van der Waals surface area contributed by atoms with E-state index in [-0.39, 0.29) is 12.2 Å². The van der Waals surface area contributed by atoms with Crippen molar-refractivity contribution in [1.82, 2.24) is 14.6 Å². The Labute approximate surface area is 207 Å². The Balaban J connectivity index is 2.01. The lowest BCUT2D eigenvalue weighted by molar-refractivity contribution is -0.0392. The summed E-state index contributed by atoms with van der Waals surface area (Å²) in [4.78, 5) is 27.0. The summed E-state index contributed by atoms with van der Waals surface area (Å²) in [5.41, 5.74) is 7.03. The summed E-state index contributed by atoms with van der Waals surface area (Å²) in [6.07, 6.45) is -3.10. The van der Waals surface area contributed by atoms with Crippen LogP contribution in [-0.2, 0) is 43.7 Å². The summed E-state index contributed by atoms with van der Waals surface area (Å²) in [5, 5.41) is 13.9. The first-order valence-electron chi connectivity index (χ1n) is 10.9. The van der Waals surface area contributed by atoms with Gasteiger partial charge < -0.3 is 34.5 Å². The fourth-order valence-electron chi connectivity index (χ4n) is 2.64. The molecule has 16 heteroatoms. The molecule has 0 aromatic carbocycles. The number of aliphatic hydroxyl groups is 1. The molecule has 0 spiro atoms. The van der Waals surface area contributed by atoms with E-state index in [1.807, 2.05) is 0 Å². The topological polar surface area (TPSA) is 192 Å². The summed E-state index contributed by atoms with van der Waals surface area (Å²) in [5.74, 6) is 0.274. The number of nitrogen functional groups attached to an aromatic ring is 1. The number of hydrogen-bond acceptors (Lipinski definition) is 14. The first kappa shape index (κ1) is 29.3. The van der Waals surface area contributed by atoms with Crippen LogP contribution in [0.25, 0.3) is 5.52 Å². The molecule has 0 bridgehead atoms. The SMILES string of the molecule is CC(C)OC(=O)OCOP(=O)(COC(CO)Cc1ccc2c(N)ncnn12)OCOC(=O)OC(C)C. The van der Waals surface area contributed by atoms with Gasteiger partial charge in [0.1, 0.15) is 18.2 Å². The van der Waals surface area contributed by atoms with Crippen LogP contribution in [0.2, 0.25) is 0 Å². The standard InChI is InChI=1S/C20H31N4O11P/c1-13(2)34-19(26)29-10-32-36(28,33-11-30-20(27)35-14(3)4)12-31-16(8-25)7-15-5-6-17-18(21)22-9-23-24(15)17/h5-6,9,13-14,16,25H,7-8,10-12H2,1-4H3,(H2,21,22,23). The molecule has 1 unspecified atom stereocenters. The van der Waals surface area contributed by atoms with Gasteiger partial charge in [0.25, 0.3) is 0 Å². The van der Waals surface area contributed by atoms with Gasteiger partial charge in [0, 0.05) is 12.1 Å². The smallest absolute Gasteiger partial charge is 0.432 e. The summed E-state index contributed by atoms with van der Waals surface area (Å²) < 4.78 is 49.4. The van der Waals surface area contributed by atoms with Gasteiger partial charge in [-0.1, -0.05) is 0 Å². The van der Waals surface area contributed by atoms with Gasteiger partial charge in [-0.05, 0) is 39.8 Å². The van der Waals surface area contributed by atoms with Crippen molar-refractivity contribution in [2.45, 2.75) is 52.4 Å². The predicted molar refractivity (Wildman–Crippen MR) is 123 cm³/mol. The van der Waals surface area contributed by atoms with Gasteiger partial charge in [-0.25, -0.2) is 19.1 Å². The van der Waals surface area contributed by atoms with Gasteiger partial charge in [-0.2, -0.15) is 5.10 Å². The third-order valence-corrected chi connectivity index (χ3v) is 5.65. The van der Waals surface area contributed by atoms with Crippen molar-refractivity contribution in [3.63, 3.8) is 0 Å². The van der Waals surface area contributed by atoms with E-state index >= 15 is 0 Å². The predicted octanol–water partition coefficient (Wildman–Crippen LogP) is 2.45. The minimum absolute atomic E-state index is 0.148. The largest absolute Gasteiger partial charge is 0.510 e. The Kier molecular flexibility index (Phi) is 11.3. The summed E-state index contributed by atoms with van der Waals surface area (Å²) >= 11 is 0. The van der Waals surface area contributed by atoms with E-state index in [1.54, 1.807) is 39.8 Å². The second-order valence-electron chi connectivity index (χ2n) is 7.80. The Morgan fingerprint density at radius 2 is 1.64 bits per heavy atom. The number of hydrogen-bond donors (Lipinski definition) is 2. The molecule has 2 aromatic heterocycles. The lowest BCUT2D eigenvalue weighted by Crippen LogP contribution is -2.24. The molecule has 0 aliphatic carbocycles. The van der Waals surface area contributed by atoms with Gasteiger partial charge >= 0.3 is 19.9 Å². The Morgan fingerprint density at radius 1 is 1.06 bits per heavy atom. The van der Waals surface area contributed by atoms with Crippen LogP contribution < -0.4 is 5.73 Å². The lowest BCUT2D eigenvalue weighted by Gasteiger charge is -2.21. The Hall–Kier alpha value is -2.97. The molecule has 0 aliphatic heterocycles. The molecular formula is C20H31N4O11P. The summed E-state index contributed by atoms with van der Waals surface area (Å²) in [7, 11) is -4.16. The van der Waals surface area contributed by atoms with Crippen LogP contribution in [0.1, 0.15) is 33.4 Å². The fourth-order valence-corrected chi connectivity index (χ4v) is 3.69. The van der Waals surface area contributed by atoms with E-state index in [1.165, 1.54) is 10.8 Å². The van der Waals surface area contributed by atoms with Gasteiger partial charge in [0.15, 0.2) is 5.82 Å². The zero-order chi connectivity index (χ0) is 26.7. The number of carbonyl (C=O) groups excluding carboxylic acids is 2. The van der Waals surface area contributed by atoms with Crippen molar-refractivity contribution in [3.05, 3.63) is 24.2 Å². The molecule has 0 saturated heterocycles. The summed E-state index contributed by atoms with van der Waals surface area (Å²) in [6, 6.07) is 3.43. The Morgan fingerprint density at radius 3 is 2.17 bits per heavy atom. The molecule has 0 radical (unpaired) electrons. The van der Waals surface area contributed by atoms with E-state index in [0.29, 0.717) is 11.2 Å². The molecule has 2 aromatic rings. The van der Waals surface area contributed by atoms with Crippen molar-refractivity contribution in [2.24, 2.45) is 0 Å². The van der Waals surface area contributed by atoms with Gasteiger partial charge in [0.05, 0.1) is 24.9 Å². The van der Waals surface area contributed by atoms with E-state index in [0.717, 1.165) is 0 Å². The molecule has 15 nitrogen and oxygen atoms in total. The highest BCUT2D eigenvalue weighted by atomic mass is 31.2. The number of fused-ring (bicyclic) bond motifs is 1. The van der Waals surface area contributed by atoms with Crippen LogP contribution in [0, 0.1) is 0 Å². The zero-order valence-electron chi connectivity index (χ0n) is 20.4. The second kappa shape index (κ2) is 13.9. The quantitative estimate of drug-likeness (QED) is 0.204. The first-order valence-corrected chi connectivity index (χ1v) is 12.6. The van der Waals surface area contributed by atoms with Crippen molar-refractivity contribution in [3.8, 4) is 0 Å². The first-order chi connectivity index (χ1) is 17.0. The summed E-state index contributed by atoms with van der Waals surface area (Å²) in [6.45, 7) is 4.39. The van der Waals surface area contributed by atoms with Crippen molar-refractivity contribution >= 4 is 31.2 Å². The highest BCUT2D eigenvalue weighted by Crippen LogP contribution is 2.48. The molecule has 3 N–H and O–H groups in total. The number of rotatable bonds is 14. The third kappa shape index (κ3) is 9.59. The average molecular weight is 534 g/mol. The van der Waals surface area contributed by atoms with Gasteiger partial charge in [0.2, 0.25) is 13.6 Å². The molecule has 0 amide bonds. The number of nitrogens with two attached hydrogens (primary N) is 1. The van der Waals surface area contributed by atoms with Gasteiger partial charge in [-0.3, -0.25) is 13.6 Å². The number of ether oxygens (including phenoxy) is 5. The van der Waals surface area contributed by atoms with Crippen LogP contribution in [-0.4, -0.2) is 76.9 Å². The van der Waals surface area contributed by atoms with Crippen LogP contribution in [0.5, 0.6) is 0 Å².